The number of carbonyl (C=O) groups excluding carboxylic acids is 1. The number of anilines is 1. The molecule has 47 heavy (non-hydrogen) atoms. The van der Waals surface area contributed by atoms with Crippen molar-refractivity contribution in [3.8, 4) is 51.1 Å². The van der Waals surface area contributed by atoms with E-state index >= 15 is 0 Å². The van der Waals surface area contributed by atoms with Crippen molar-refractivity contribution in [1.29, 1.82) is 0 Å². The van der Waals surface area contributed by atoms with Crippen LogP contribution in [0.2, 0.25) is 0 Å². The van der Waals surface area contributed by atoms with Crippen molar-refractivity contribution in [2.45, 2.75) is 12.8 Å². The highest BCUT2D eigenvalue weighted by molar-refractivity contribution is 7.86. The first kappa shape index (κ1) is 34.8. The maximum atomic E-state index is 12.7. The lowest BCUT2D eigenvalue weighted by Gasteiger charge is -2.21. The number of ether oxygens (including phenoxy) is 3. The van der Waals surface area contributed by atoms with E-state index in [2.05, 4.69) is 4.98 Å². The number of benzene rings is 3. The number of carbonyl (C=O) groups is 1. The Morgan fingerprint density at radius 1 is 0.809 bits per heavy atom. The predicted molar refractivity (Wildman–Crippen MR) is 165 cm³/mol. The summed E-state index contributed by atoms with van der Waals surface area (Å²) in [5, 5.41) is 1.68. The Hall–Kier alpha value is -5.03. The average molecular weight is 697 g/mol. The topological polar surface area (TPSA) is 156 Å². The van der Waals surface area contributed by atoms with Gasteiger partial charge in [-0.2, -0.15) is 30.0 Å². The van der Waals surface area contributed by atoms with E-state index in [9.17, 15) is 34.8 Å². The second-order valence-electron chi connectivity index (χ2n) is 9.76. The Labute approximate surface area is 268 Å². The normalized spacial score (nSPS) is 11.8. The van der Waals surface area contributed by atoms with E-state index < -0.39 is 32.3 Å². The van der Waals surface area contributed by atoms with Crippen molar-refractivity contribution >= 4 is 31.8 Å². The van der Waals surface area contributed by atoms with Gasteiger partial charge in [-0.3, -0.25) is 9.78 Å². The average Bonchev–Trinajstić information content (AvgIpc) is 2.99. The van der Waals surface area contributed by atoms with Gasteiger partial charge in [0.05, 0.1) is 49.9 Å². The van der Waals surface area contributed by atoms with E-state index in [0.29, 0.717) is 0 Å². The lowest BCUT2D eigenvalue weighted by atomic mass is 9.98. The molecule has 4 aromatic rings. The Kier molecular flexibility index (Phi) is 10.2. The van der Waals surface area contributed by atoms with E-state index in [-0.39, 0.29) is 63.4 Å². The monoisotopic (exact) mass is 696 g/mol. The van der Waals surface area contributed by atoms with Crippen LogP contribution < -0.4 is 27.9 Å². The fourth-order valence-corrected chi connectivity index (χ4v) is 5.17. The van der Waals surface area contributed by atoms with Crippen molar-refractivity contribution in [1.82, 2.24) is 4.98 Å². The molecule has 1 heterocycles. The minimum Gasteiger partial charge on any atom is -0.496 e. The molecule has 0 aliphatic rings. The molecule has 0 fully saturated rings. The van der Waals surface area contributed by atoms with Crippen molar-refractivity contribution in [3.05, 3.63) is 78.5 Å². The van der Waals surface area contributed by atoms with Crippen LogP contribution in [-0.2, 0) is 31.6 Å². The van der Waals surface area contributed by atoms with E-state index in [1.54, 1.807) is 29.6 Å². The van der Waals surface area contributed by atoms with E-state index in [1.807, 2.05) is 6.07 Å². The SMILES string of the molecule is COc1cc(-c2ccc(NC(=O)C(F)(F)F)cn2)c(OC)c(OS(C)(=O)=O)c1-c1ccc(OCc2ccccc2)c(OS(C)(=O)=O)c1. The first-order valence-electron chi connectivity index (χ1n) is 13.2. The predicted octanol–water partition coefficient (Wildman–Crippen LogP) is 5.19. The standard InChI is InChI=1S/C30H27F3N2O10S2/c1-41-25-15-21(22-12-11-20(16-34-22)35-29(36)30(31,32)33)27(42-2)28(45-47(4,39)40)26(25)19-10-13-23(24(14-19)44-46(3,37)38)43-17-18-8-6-5-7-9-18/h5-16H,17H2,1-4H3,(H,35,36). The molecular formula is C30H27F3N2O10S2. The van der Waals surface area contributed by atoms with Crippen LogP contribution in [0.3, 0.4) is 0 Å². The molecule has 0 bridgehead atoms. The van der Waals surface area contributed by atoms with Crippen molar-refractivity contribution in [3.63, 3.8) is 0 Å². The van der Waals surface area contributed by atoms with Crippen molar-refractivity contribution < 1.29 is 57.4 Å². The van der Waals surface area contributed by atoms with Gasteiger partial charge in [-0.05, 0) is 41.5 Å². The van der Waals surface area contributed by atoms with Crippen LogP contribution in [0.1, 0.15) is 5.56 Å². The first-order valence-corrected chi connectivity index (χ1v) is 16.9. The van der Waals surface area contributed by atoms with Gasteiger partial charge in [-0.15, -0.1) is 0 Å². The third-order valence-electron chi connectivity index (χ3n) is 6.12. The van der Waals surface area contributed by atoms with Gasteiger partial charge in [0.15, 0.2) is 23.0 Å². The second-order valence-corrected chi connectivity index (χ2v) is 12.9. The van der Waals surface area contributed by atoms with E-state index in [0.717, 1.165) is 30.3 Å². The summed E-state index contributed by atoms with van der Waals surface area (Å²) >= 11 is 0. The minimum absolute atomic E-state index is 0.000506. The Balaban J connectivity index is 1.87. The molecule has 1 aromatic heterocycles. The fraction of sp³-hybridized carbons (Fsp3) is 0.200. The maximum absolute atomic E-state index is 12.7. The molecule has 12 nitrogen and oxygen atoms in total. The minimum atomic E-state index is -5.12. The van der Waals surface area contributed by atoms with Crippen LogP contribution >= 0.6 is 0 Å². The molecule has 0 saturated carbocycles. The molecule has 4 rings (SSSR count). The second kappa shape index (κ2) is 13.8. The highest BCUT2D eigenvalue weighted by atomic mass is 32.2. The molecule has 0 unspecified atom stereocenters. The third-order valence-corrected chi connectivity index (χ3v) is 7.08. The van der Waals surface area contributed by atoms with Crippen LogP contribution in [-0.4, -0.2) is 60.6 Å². The van der Waals surface area contributed by atoms with E-state index in [1.165, 1.54) is 44.6 Å². The van der Waals surface area contributed by atoms with Crippen molar-refractivity contribution in [2.75, 3.05) is 32.0 Å². The zero-order valence-corrected chi connectivity index (χ0v) is 26.7. The number of hydrogen-bond acceptors (Lipinski definition) is 11. The fourth-order valence-electron chi connectivity index (χ4n) is 4.25. The summed E-state index contributed by atoms with van der Waals surface area (Å²) in [6, 6.07) is 17.0. The molecule has 3 aromatic carbocycles. The summed E-state index contributed by atoms with van der Waals surface area (Å²) < 4.78 is 115. The molecule has 0 aliphatic carbocycles. The lowest BCUT2D eigenvalue weighted by molar-refractivity contribution is -0.167. The summed E-state index contributed by atoms with van der Waals surface area (Å²) in [6.07, 6.45) is -2.55. The number of methoxy groups -OCH3 is 2. The lowest BCUT2D eigenvalue weighted by Crippen LogP contribution is -2.29. The third kappa shape index (κ3) is 9.04. The highest BCUT2D eigenvalue weighted by Gasteiger charge is 2.38. The summed E-state index contributed by atoms with van der Waals surface area (Å²) in [6.45, 7) is 0.0697. The number of halogens is 3. The molecule has 1 N–H and O–H groups in total. The largest absolute Gasteiger partial charge is 0.496 e. The van der Waals surface area contributed by atoms with E-state index in [4.69, 9.17) is 22.6 Å². The number of aromatic nitrogens is 1. The van der Waals surface area contributed by atoms with Gasteiger partial charge in [0, 0.05) is 5.56 Å². The molecule has 250 valence electrons. The number of rotatable bonds is 12. The van der Waals surface area contributed by atoms with Crippen molar-refractivity contribution in [2.24, 2.45) is 0 Å². The highest BCUT2D eigenvalue weighted by Crippen LogP contribution is 2.51. The van der Waals surface area contributed by atoms with Gasteiger partial charge in [-0.25, -0.2) is 0 Å². The molecule has 0 radical (unpaired) electrons. The maximum Gasteiger partial charge on any atom is 0.471 e. The smallest absolute Gasteiger partial charge is 0.471 e. The first-order chi connectivity index (χ1) is 22.0. The summed E-state index contributed by atoms with van der Waals surface area (Å²) in [4.78, 5) is 15.4. The van der Waals surface area contributed by atoms with Gasteiger partial charge >= 0.3 is 32.3 Å². The number of amides is 1. The number of alkyl halides is 3. The molecule has 1 amide bonds. The number of pyridine rings is 1. The van der Waals surface area contributed by atoms with Gasteiger partial charge in [-0.1, -0.05) is 36.4 Å². The van der Waals surface area contributed by atoms with Crippen LogP contribution in [0.5, 0.6) is 28.7 Å². The Morgan fingerprint density at radius 3 is 2.04 bits per heavy atom. The number of nitrogens with one attached hydrogen (secondary N) is 1. The van der Waals surface area contributed by atoms with Gasteiger partial charge in [0.1, 0.15) is 12.4 Å². The molecule has 0 spiro atoms. The van der Waals surface area contributed by atoms with Crippen LogP contribution in [0.4, 0.5) is 18.9 Å². The zero-order chi connectivity index (χ0) is 34.6. The summed E-state index contributed by atoms with van der Waals surface area (Å²) in [5.41, 5.74) is 0.850. The molecule has 0 aliphatic heterocycles. The Bertz CT molecular complexity index is 1990. The summed E-state index contributed by atoms with van der Waals surface area (Å²) in [5.74, 6) is -2.94. The molecule has 0 atom stereocenters. The van der Waals surface area contributed by atoms with Gasteiger partial charge in [0.25, 0.3) is 0 Å². The molecular weight excluding hydrogens is 669 g/mol. The van der Waals surface area contributed by atoms with Crippen LogP contribution in [0.15, 0.2) is 72.9 Å². The summed E-state index contributed by atoms with van der Waals surface area (Å²) in [7, 11) is -5.84. The van der Waals surface area contributed by atoms with Crippen LogP contribution in [0.25, 0.3) is 22.4 Å². The number of hydrogen-bond donors (Lipinski definition) is 1. The number of nitrogens with zero attached hydrogens (tertiary/aromatic N) is 1. The molecule has 0 saturated heterocycles. The van der Waals surface area contributed by atoms with Crippen LogP contribution in [0, 0.1) is 0 Å². The zero-order valence-electron chi connectivity index (χ0n) is 25.1. The molecule has 17 heteroatoms. The van der Waals surface area contributed by atoms with Gasteiger partial charge in [0.2, 0.25) is 0 Å². The Morgan fingerprint density at radius 2 is 1.49 bits per heavy atom. The quantitative estimate of drug-likeness (QED) is 0.195. The van der Waals surface area contributed by atoms with Gasteiger partial charge < -0.3 is 27.9 Å².